The molecule has 1 aliphatic heterocycles. The second kappa shape index (κ2) is 9.27. The molecule has 4 rings (SSSR count). The van der Waals surface area contributed by atoms with Crippen LogP contribution in [0.15, 0.2) is 48.7 Å². The molecular formula is C22H22ClN5O4. The van der Waals surface area contributed by atoms with Crippen LogP contribution in [0.4, 0.5) is 0 Å². The van der Waals surface area contributed by atoms with Gasteiger partial charge in [-0.15, -0.1) is 5.10 Å². The first-order valence-corrected chi connectivity index (χ1v) is 10.4. The Hall–Kier alpha value is -3.59. The van der Waals surface area contributed by atoms with Crippen LogP contribution in [0, 0.1) is 0 Å². The molecule has 0 atom stereocenters. The van der Waals surface area contributed by atoms with Gasteiger partial charge in [-0.05, 0) is 24.3 Å². The molecule has 32 heavy (non-hydrogen) atoms. The number of para-hydroxylation sites is 1. The quantitative estimate of drug-likeness (QED) is 0.587. The lowest BCUT2D eigenvalue weighted by molar-refractivity contribution is 0.0532. The van der Waals surface area contributed by atoms with E-state index < -0.39 is 0 Å². The number of hydrogen-bond donors (Lipinski definition) is 0. The van der Waals surface area contributed by atoms with Gasteiger partial charge in [0.2, 0.25) is 0 Å². The molecule has 3 aromatic rings. The lowest BCUT2D eigenvalue weighted by atomic mass is 10.1. The number of ether oxygens (including phenoxy) is 2. The molecule has 2 aromatic carbocycles. The van der Waals surface area contributed by atoms with Crippen molar-refractivity contribution in [3.63, 3.8) is 0 Å². The largest absolute Gasteiger partial charge is 0.497 e. The molecule has 0 saturated carbocycles. The molecule has 0 spiro atoms. The van der Waals surface area contributed by atoms with Crippen LogP contribution in [0.1, 0.15) is 20.8 Å². The Balaban J connectivity index is 1.41. The highest BCUT2D eigenvalue weighted by atomic mass is 35.5. The topological polar surface area (TPSA) is 89.8 Å². The molecule has 166 valence electrons. The van der Waals surface area contributed by atoms with Gasteiger partial charge in [0.25, 0.3) is 11.8 Å². The Bertz CT molecular complexity index is 1120. The fraction of sp³-hybridized carbons (Fsp3) is 0.273. The lowest BCUT2D eigenvalue weighted by Gasteiger charge is -2.34. The Morgan fingerprint density at radius 2 is 1.50 bits per heavy atom. The first-order chi connectivity index (χ1) is 15.5. The van der Waals surface area contributed by atoms with E-state index in [0.717, 1.165) is 0 Å². The first-order valence-electron chi connectivity index (χ1n) is 9.99. The van der Waals surface area contributed by atoms with E-state index >= 15 is 0 Å². The zero-order valence-electron chi connectivity index (χ0n) is 17.7. The van der Waals surface area contributed by atoms with Gasteiger partial charge in [-0.3, -0.25) is 9.59 Å². The fourth-order valence-electron chi connectivity index (χ4n) is 3.51. The molecular weight excluding hydrogens is 434 g/mol. The number of nitrogens with zero attached hydrogens (tertiary/aromatic N) is 5. The Morgan fingerprint density at radius 1 is 0.906 bits per heavy atom. The molecule has 2 amide bonds. The number of piperazine rings is 1. The first kappa shape index (κ1) is 21.6. The van der Waals surface area contributed by atoms with Crippen molar-refractivity contribution in [1.82, 2.24) is 24.8 Å². The lowest BCUT2D eigenvalue weighted by Crippen LogP contribution is -2.50. The number of aromatic nitrogens is 3. The summed E-state index contributed by atoms with van der Waals surface area (Å²) in [5.74, 6) is 0.712. The van der Waals surface area contributed by atoms with Crippen molar-refractivity contribution in [3.8, 4) is 17.2 Å². The summed E-state index contributed by atoms with van der Waals surface area (Å²) in [7, 11) is 3.07. The van der Waals surface area contributed by atoms with Crippen LogP contribution in [0.5, 0.6) is 11.5 Å². The summed E-state index contributed by atoms with van der Waals surface area (Å²) in [4.78, 5) is 29.2. The average molecular weight is 456 g/mol. The zero-order chi connectivity index (χ0) is 22.7. The van der Waals surface area contributed by atoms with Gasteiger partial charge in [0.1, 0.15) is 11.5 Å². The molecule has 0 bridgehead atoms. The van der Waals surface area contributed by atoms with Gasteiger partial charge in [0, 0.05) is 37.8 Å². The highest BCUT2D eigenvalue weighted by molar-refractivity contribution is 6.32. The van der Waals surface area contributed by atoms with E-state index in [4.69, 9.17) is 21.1 Å². The monoisotopic (exact) mass is 455 g/mol. The number of rotatable bonds is 5. The van der Waals surface area contributed by atoms with Crippen LogP contribution in [0.3, 0.4) is 0 Å². The molecule has 1 saturated heterocycles. The maximum absolute atomic E-state index is 12.9. The van der Waals surface area contributed by atoms with Crippen LogP contribution in [0.2, 0.25) is 5.02 Å². The van der Waals surface area contributed by atoms with E-state index in [1.807, 2.05) is 12.1 Å². The van der Waals surface area contributed by atoms with Crippen LogP contribution in [0.25, 0.3) is 5.69 Å². The molecule has 10 heteroatoms. The average Bonchev–Trinajstić information content (AvgIpc) is 3.33. The van der Waals surface area contributed by atoms with Gasteiger partial charge in [0.05, 0.1) is 31.1 Å². The van der Waals surface area contributed by atoms with Crippen molar-refractivity contribution < 1.29 is 19.1 Å². The SMILES string of the molecule is COc1cc(OC)cc(C(=O)N2CCN(C(=O)c3cn(-c4ccccc4Cl)nn3)CC2)c1. The smallest absolute Gasteiger partial charge is 0.276 e. The highest BCUT2D eigenvalue weighted by Gasteiger charge is 2.27. The van der Waals surface area contributed by atoms with Crippen molar-refractivity contribution >= 4 is 23.4 Å². The minimum Gasteiger partial charge on any atom is -0.497 e. The second-order valence-corrected chi connectivity index (χ2v) is 7.59. The van der Waals surface area contributed by atoms with E-state index in [1.54, 1.807) is 46.3 Å². The van der Waals surface area contributed by atoms with Gasteiger partial charge < -0.3 is 19.3 Å². The normalized spacial score (nSPS) is 13.7. The molecule has 0 N–H and O–H groups in total. The van der Waals surface area contributed by atoms with Gasteiger partial charge in [-0.1, -0.05) is 28.9 Å². The van der Waals surface area contributed by atoms with E-state index in [1.165, 1.54) is 18.9 Å². The third kappa shape index (κ3) is 4.38. The number of carbonyl (C=O) groups excluding carboxylic acids is 2. The predicted octanol–water partition coefficient (Wildman–Crippen LogP) is 2.54. The summed E-state index contributed by atoms with van der Waals surface area (Å²) < 4.78 is 12.0. The number of benzene rings is 2. The number of carbonyl (C=O) groups is 2. The summed E-state index contributed by atoms with van der Waals surface area (Å²) in [6.45, 7) is 1.60. The molecule has 0 aliphatic carbocycles. The van der Waals surface area contributed by atoms with Crippen LogP contribution in [-0.2, 0) is 0 Å². The Morgan fingerprint density at radius 3 is 2.09 bits per heavy atom. The summed E-state index contributed by atoms with van der Waals surface area (Å²) in [5, 5.41) is 8.54. The van der Waals surface area contributed by atoms with E-state index in [-0.39, 0.29) is 17.5 Å². The molecule has 1 fully saturated rings. The van der Waals surface area contributed by atoms with E-state index in [0.29, 0.717) is 54.0 Å². The molecule has 1 aliphatic rings. The zero-order valence-corrected chi connectivity index (χ0v) is 18.5. The summed E-state index contributed by atoms with van der Waals surface area (Å²) in [6.07, 6.45) is 1.56. The minimum absolute atomic E-state index is 0.140. The van der Waals surface area contributed by atoms with Crippen molar-refractivity contribution in [2.24, 2.45) is 0 Å². The third-order valence-corrected chi connectivity index (χ3v) is 5.58. The Kier molecular flexibility index (Phi) is 6.27. The second-order valence-electron chi connectivity index (χ2n) is 7.19. The van der Waals surface area contributed by atoms with Crippen LogP contribution in [-0.4, -0.2) is 77.0 Å². The molecule has 2 heterocycles. The van der Waals surface area contributed by atoms with Gasteiger partial charge in [0.15, 0.2) is 5.69 Å². The van der Waals surface area contributed by atoms with Crippen molar-refractivity contribution in [1.29, 1.82) is 0 Å². The van der Waals surface area contributed by atoms with Gasteiger partial charge in [-0.2, -0.15) is 0 Å². The summed E-state index contributed by atoms with van der Waals surface area (Å²) in [6, 6.07) is 12.3. The number of halogens is 1. The highest BCUT2D eigenvalue weighted by Crippen LogP contribution is 2.24. The predicted molar refractivity (Wildman–Crippen MR) is 118 cm³/mol. The van der Waals surface area contributed by atoms with Crippen LogP contribution < -0.4 is 9.47 Å². The third-order valence-electron chi connectivity index (χ3n) is 5.26. The summed E-state index contributed by atoms with van der Waals surface area (Å²) in [5.41, 5.74) is 1.34. The van der Waals surface area contributed by atoms with Gasteiger partial charge >= 0.3 is 0 Å². The van der Waals surface area contributed by atoms with Crippen molar-refractivity contribution in [2.75, 3.05) is 40.4 Å². The van der Waals surface area contributed by atoms with E-state index in [9.17, 15) is 9.59 Å². The molecule has 0 unspecified atom stereocenters. The number of amides is 2. The van der Waals surface area contributed by atoms with Crippen molar-refractivity contribution in [3.05, 3.63) is 64.9 Å². The maximum atomic E-state index is 12.9. The molecule has 0 radical (unpaired) electrons. The minimum atomic E-state index is -0.238. The van der Waals surface area contributed by atoms with Gasteiger partial charge in [-0.25, -0.2) is 4.68 Å². The summed E-state index contributed by atoms with van der Waals surface area (Å²) >= 11 is 6.19. The number of methoxy groups -OCH3 is 2. The number of hydrogen-bond acceptors (Lipinski definition) is 6. The molecule has 9 nitrogen and oxygen atoms in total. The molecule has 1 aromatic heterocycles. The Labute approximate surface area is 190 Å². The van der Waals surface area contributed by atoms with Crippen LogP contribution >= 0.6 is 11.6 Å². The maximum Gasteiger partial charge on any atom is 0.276 e. The fourth-order valence-corrected chi connectivity index (χ4v) is 3.73. The van der Waals surface area contributed by atoms with E-state index in [2.05, 4.69) is 10.3 Å². The van der Waals surface area contributed by atoms with Crippen molar-refractivity contribution in [2.45, 2.75) is 0 Å². The standard InChI is InChI=1S/C22H22ClN5O4/c1-31-16-11-15(12-17(13-16)32-2)21(29)26-7-9-27(10-8-26)22(30)19-14-28(25-24-19)20-6-4-3-5-18(20)23/h3-6,11-14H,7-10H2,1-2H3.